The molecule has 0 heterocycles. The quantitative estimate of drug-likeness (QED) is 0.769. The van der Waals surface area contributed by atoms with Gasteiger partial charge >= 0.3 is 0 Å². The Kier molecular flexibility index (Phi) is 5.79. The van der Waals surface area contributed by atoms with Crippen molar-refractivity contribution >= 4 is 11.6 Å². The highest BCUT2D eigenvalue weighted by atomic mass is 16.3. The summed E-state index contributed by atoms with van der Waals surface area (Å²) in [6, 6.07) is 7.17. The normalized spacial score (nSPS) is 15.2. The van der Waals surface area contributed by atoms with Crippen LogP contribution in [0.25, 0.3) is 0 Å². The van der Waals surface area contributed by atoms with Crippen molar-refractivity contribution in [3.8, 4) is 0 Å². The van der Waals surface area contributed by atoms with E-state index < -0.39 is 11.2 Å². The number of hydrogen-bond acceptors (Lipinski definition) is 4. The van der Waals surface area contributed by atoms with Crippen LogP contribution in [0, 0.1) is 0 Å². The number of hydrogen-bond donors (Lipinski definition) is 2. The Labute approximate surface area is 154 Å². The van der Waals surface area contributed by atoms with Crippen molar-refractivity contribution in [3.63, 3.8) is 0 Å². The Morgan fingerprint density at radius 2 is 1.50 bits per heavy atom. The smallest absolute Gasteiger partial charge is 0.193 e. The van der Waals surface area contributed by atoms with E-state index in [1.54, 1.807) is 18.2 Å². The molecule has 0 aromatic heterocycles. The summed E-state index contributed by atoms with van der Waals surface area (Å²) < 4.78 is 0. The van der Waals surface area contributed by atoms with Gasteiger partial charge in [0.25, 0.3) is 0 Å². The van der Waals surface area contributed by atoms with Crippen LogP contribution in [-0.2, 0) is 11.2 Å². The summed E-state index contributed by atoms with van der Waals surface area (Å²) in [4.78, 5) is 24.2. The summed E-state index contributed by atoms with van der Waals surface area (Å²) in [6.45, 7) is 5.93. The Bertz CT molecular complexity index is 779. The van der Waals surface area contributed by atoms with Gasteiger partial charge in [0, 0.05) is 11.1 Å². The van der Waals surface area contributed by atoms with Gasteiger partial charge in [0.15, 0.2) is 11.6 Å². The molecule has 26 heavy (non-hydrogen) atoms. The van der Waals surface area contributed by atoms with E-state index in [-0.39, 0.29) is 11.6 Å². The Morgan fingerprint density at radius 3 is 2.04 bits per heavy atom. The molecule has 1 aromatic carbocycles. The van der Waals surface area contributed by atoms with Gasteiger partial charge in [-0.2, -0.15) is 0 Å². The Balaban J connectivity index is 2.14. The molecule has 0 unspecified atom stereocenters. The third-order valence-electron chi connectivity index (χ3n) is 4.20. The molecule has 0 saturated heterocycles. The molecule has 2 N–H and O–H groups in total. The number of benzene rings is 1. The standard InChI is InChI=1S/C22H26O4/c1-21(2,25)19(23)17-7-5-6-15(8-11-17)14-16-9-12-18(13-10-16)20(24)22(3,4)26/h5-6,8-13,25-26H,7,14H2,1-4H3. The SMILES string of the molecule is CC(C)(O)C(=O)C1=CC=C(Cc2ccc(C(=O)C(C)(C)O)cc2)C=CC1. The van der Waals surface area contributed by atoms with Crippen LogP contribution in [0.1, 0.15) is 50.0 Å². The summed E-state index contributed by atoms with van der Waals surface area (Å²) in [5.41, 5.74) is 0.354. The summed E-state index contributed by atoms with van der Waals surface area (Å²) in [5.74, 6) is -0.579. The molecule has 1 aliphatic rings. The zero-order chi connectivity index (χ0) is 19.5. The molecule has 1 aromatic rings. The molecule has 138 valence electrons. The molecule has 4 nitrogen and oxygen atoms in total. The first-order valence-electron chi connectivity index (χ1n) is 8.68. The van der Waals surface area contributed by atoms with E-state index in [0.717, 1.165) is 11.1 Å². The summed E-state index contributed by atoms with van der Waals surface area (Å²) in [6.07, 6.45) is 8.69. The van der Waals surface area contributed by atoms with Crippen LogP contribution in [0.3, 0.4) is 0 Å². The monoisotopic (exact) mass is 354 g/mol. The lowest BCUT2D eigenvalue weighted by atomic mass is 9.94. The lowest BCUT2D eigenvalue weighted by molar-refractivity contribution is -0.130. The molecule has 0 aliphatic heterocycles. The highest BCUT2D eigenvalue weighted by Crippen LogP contribution is 2.21. The van der Waals surface area contributed by atoms with Gasteiger partial charge in [0.05, 0.1) is 0 Å². The molecular formula is C22H26O4. The van der Waals surface area contributed by atoms with Crippen LogP contribution in [0.2, 0.25) is 0 Å². The molecule has 0 atom stereocenters. The van der Waals surface area contributed by atoms with Crippen LogP contribution in [0.15, 0.2) is 59.7 Å². The predicted molar refractivity (Wildman–Crippen MR) is 102 cm³/mol. The molecule has 0 saturated carbocycles. The maximum absolute atomic E-state index is 12.2. The van der Waals surface area contributed by atoms with Gasteiger partial charge in [-0.25, -0.2) is 0 Å². The van der Waals surface area contributed by atoms with Crippen LogP contribution in [0.5, 0.6) is 0 Å². The molecule has 0 fully saturated rings. The van der Waals surface area contributed by atoms with E-state index in [4.69, 9.17) is 0 Å². The minimum Gasteiger partial charge on any atom is -0.382 e. The number of aliphatic hydroxyl groups is 2. The second kappa shape index (κ2) is 7.52. The van der Waals surface area contributed by atoms with Crippen molar-refractivity contribution in [1.82, 2.24) is 0 Å². The number of allylic oxidation sites excluding steroid dienone is 5. The number of Topliss-reactive ketones (excluding diaryl/α,β-unsaturated/α-hetero) is 2. The number of carbonyl (C=O) groups excluding carboxylic acids is 2. The second-order valence-corrected chi connectivity index (χ2v) is 7.69. The fourth-order valence-electron chi connectivity index (χ4n) is 2.71. The first-order chi connectivity index (χ1) is 12.0. The van der Waals surface area contributed by atoms with Crippen molar-refractivity contribution < 1.29 is 19.8 Å². The van der Waals surface area contributed by atoms with Gasteiger partial charge in [0.2, 0.25) is 0 Å². The fourth-order valence-corrected chi connectivity index (χ4v) is 2.71. The number of carbonyl (C=O) groups is 2. The maximum Gasteiger partial charge on any atom is 0.193 e. The van der Waals surface area contributed by atoms with E-state index in [2.05, 4.69) is 0 Å². The van der Waals surface area contributed by atoms with Gasteiger partial charge in [-0.3, -0.25) is 9.59 Å². The van der Waals surface area contributed by atoms with Gasteiger partial charge < -0.3 is 10.2 Å². The van der Waals surface area contributed by atoms with Gasteiger partial charge in [-0.15, -0.1) is 0 Å². The summed E-state index contributed by atoms with van der Waals surface area (Å²) in [5, 5.41) is 19.7. The molecule has 2 rings (SSSR count). The Hall–Kier alpha value is -2.30. The first kappa shape index (κ1) is 20.0. The minimum atomic E-state index is -1.39. The average molecular weight is 354 g/mol. The summed E-state index contributed by atoms with van der Waals surface area (Å²) in [7, 11) is 0. The zero-order valence-corrected chi connectivity index (χ0v) is 15.7. The van der Waals surface area contributed by atoms with Gasteiger partial charge in [-0.05, 0) is 51.7 Å². The minimum absolute atomic E-state index is 0.269. The fraction of sp³-hybridized carbons (Fsp3) is 0.364. The Morgan fingerprint density at radius 1 is 0.923 bits per heavy atom. The largest absolute Gasteiger partial charge is 0.382 e. The van der Waals surface area contributed by atoms with E-state index in [1.165, 1.54) is 27.7 Å². The molecule has 4 heteroatoms. The molecule has 0 amide bonds. The zero-order valence-electron chi connectivity index (χ0n) is 15.7. The highest BCUT2D eigenvalue weighted by molar-refractivity contribution is 6.02. The molecule has 0 radical (unpaired) electrons. The van der Waals surface area contributed by atoms with E-state index in [9.17, 15) is 19.8 Å². The van der Waals surface area contributed by atoms with Crippen LogP contribution < -0.4 is 0 Å². The predicted octanol–water partition coefficient (Wildman–Crippen LogP) is 3.34. The lowest BCUT2D eigenvalue weighted by Crippen LogP contribution is -2.32. The summed E-state index contributed by atoms with van der Waals surface area (Å²) >= 11 is 0. The second-order valence-electron chi connectivity index (χ2n) is 7.69. The van der Waals surface area contributed by atoms with E-state index >= 15 is 0 Å². The molecule has 1 aliphatic carbocycles. The van der Waals surface area contributed by atoms with Crippen molar-refractivity contribution in [2.75, 3.05) is 0 Å². The van der Waals surface area contributed by atoms with Crippen LogP contribution >= 0.6 is 0 Å². The number of ketones is 2. The van der Waals surface area contributed by atoms with Crippen molar-refractivity contribution in [2.24, 2.45) is 0 Å². The third kappa shape index (κ3) is 5.10. The van der Waals surface area contributed by atoms with Gasteiger partial charge in [-0.1, -0.05) is 48.6 Å². The van der Waals surface area contributed by atoms with E-state index in [1.807, 2.05) is 30.4 Å². The van der Waals surface area contributed by atoms with Crippen molar-refractivity contribution in [3.05, 3.63) is 70.8 Å². The molecule has 0 bridgehead atoms. The number of rotatable bonds is 6. The average Bonchev–Trinajstić information content (AvgIpc) is 2.78. The lowest BCUT2D eigenvalue weighted by Gasteiger charge is -2.16. The third-order valence-corrected chi connectivity index (χ3v) is 4.20. The van der Waals surface area contributed by atoms with Crippen LogP contribution in [-0.4, -0.2) is 33.0 Å². The topological polar surface area (TPSA) is 74.6 Å². The van der Waals surface area contributed by atoms with Crippen LogP contribution in [0.4, 0.5) is 0 Å². The van der Waals surface area contributed by atoms with E-state index in [0.29, 0.717) is 24.0 Å². The van der Waals surface area contributed by atoms with Gasteiger partial charge in [0.1, 0.15) is 11.2 Å². The van der Waals surface area contributed by atoms with Crippen molar-refractivity contribution in [1.29, 1.82) is 0 Å². The highest BCUT2D eigenvalue weighted by Gasteiger charge is 2.26. The maximum atomic E-state index is 12.2. The first-order valence-corrected chi connectivity index (χ1v) is 8.68. The molecular weight excluding hydrogens is 328 g/mol. The van der Waals surface area contributed by atoms with Crippen molar-refractivity contribution in [2.45, 2.75) is 51.7 Å². The molecule has 0 spiro atoms.